The maximum atomic E-state index is 6.67. The highest BCUT2D eigenvalue weighted by Gasteiger charge is 1.78. The Balaban J connectivity index is 2.90. The predicted molar refractivity (Wildman–Crippen MR) is 41.1 cm³/mol. The second kappa shape index (κ2) is 7.48. The lowest BCUT2D eigenvalue weighted by atomic mass is 10.2. The molecule has 0 spiro atoms. The molecule has 0 saturated heterocycles. The largest absolute Gasteiger partial charge is 0.0845 e. The Labute approximate surface area is 58.3 Å². The monoisotopic (exact) mass is 122 g/mol. The summed E-state index contributed by atoms with van der Waals surface area (Å²) in [5.41, 5.74) is 0. The molecule has 0 saturated carbocycles. The highest BCUT2D eigenvalue weighted by Crippen LogP contribution is 1.98. The summed E-state index contributed by atoms with van der Waals surface area (Å²) in [7, 11) is 0. The second-order valence-corrected chi connectivity index (χ2v) is 2.09. The van der Waals surface area contributed by atoms with E-state index in [4.69, 9.17) is 6.58 Å². The van der Waals surface area contributed by atoms with Crippen LogP contribution in [0.5, 0.6) is 0 Å². The van der Waals surface area contributed by atoms with E-state index in [-0.39, 0.29) is 0 Å². The molecule has 0 fully saturated rings. The second-order valence-electron chi connectivity index (χ2n) is 2.09. The first-order chi connectivity index (χ1) is 4.41. The van der Waals surface area contributed by atoms with E-state index >= 15 is 0 Å². The molecule has 0 aromatic rings. The molecule has 0 bridgehead atoms. The molecule has 0 rings (SSSR count). The van der Waals surface area contributed by atoms with Crippen LogP contribution < -0.4 is 0 Å². The molecule has 0 aromatic heterocycles. The van der Waals surface area contributed by atoms with Crippen molar-refractivity contribution in [1.29, 1.82) is 0 Å². The van der Waals surface area contributed by atoms with Gasteiger partial charge >= 0.3 is 0 Å². The lowest BCUT2D eigenvalue weighted by Crippen LogP contribution is -1.69. The summed E-state index contributed by atoms with van der Waals surface area (Å²) < 4.78 is 0. The van der Waals surface area contributed by atoms with Crippen LogP contribution in [0.25, 0.3) is 0 Å². The van der Waals surface area contributed by atoms with E-state index in [2.05, 4.69) is 6.92 Å². The Bertz CT molecular complexity index is 80.0. The minimum Gasteiger partial charge on any atom is -0.0845 e. The van der Waals surface area contributed by atoms with Crippen molar-refractivity contribution in [3.8, 4) is 0 Å². The zero-order chi connectivity index (χ0) is 6.95. The smallest absolute Gasteiger partial charge is 0.00991 e. The van der Waals surface area contributed by atoms with Crippen molar-refractivity contribution < 1.29 is 0 Å². The molecule has 0 unspecified atom stereocenters. The maximum Gasteiger partial charge on any atom is -0.00991 e. The molecular formula is C9H14. The topological polar surface area (TPSA) is 0 Å². The van der Waals surface area contributed by atoms with Crippen molar-refractivity contribution in [2.45, 2.75) is 32.6 Å². The highest BCUT2D eigenvalue weighted by molar-refractivity contribution is 4.95. The molecule has 2 radical (unpaired) electrons. The summed E-state index contributed by atoms with van der Waals surface area (Å²) in [5, 5.41) is 0. The van der Waals surface area contributed by atoms with Crippen LogP contribution in [0.15, 0.2) is 18.2 Å². The molecule has 0 amide bonds. The number of allylic oxidation sites excluding steroid dienone is 3. The minimum atomic E-state index is 1.13. The summed E-state index contributed by atoms with van der Waals surface area (Å²) in [6.45, 7) is 8.87. The Kier molecular flexibility index (Phi) is 7.05. The predicted octanol–water partition coefficient (Wildman–Crippen LogP) is 2.99. The molecule has 0 aliphatic carbocycles. The summed E-state index contributed by atoms with van der Waals surface area (Å²) in [4.78, 5) is 0. The standard InChI is InChI=1S/C9H14/c1-3-5-7-9-8-6-4-2/h4,6,8H,3,5,7,9H2,1H3. The summed E-state index contributed by atoms with van der Waals surface area (Å²) in [5.74, 6) is 0. The van der Waals surface area contributed by atoms with Gasteiger partial charge in [-0.1, -0.05) is 38.0 Å². The number of hydrogen-bond donors (Lipinski definition) is 0. The lowest BCUT2D eigenvalue weighted by molar-refractivity contribution is 0.729. The van der Waals surface area contributed by atoms with E-state index < -0.39 is 0 Å². The van der Waals surface area contributed by atoms with Gasteiger partial charge in [0.15, 0.2) is 0 Å². The van der Waals surface area contributed by atoms with Gasteiger partial charge in [-0.05, 0) is 19.4 Å². The van der Waals surface area contributed by atoms with Crippen LogP contribution in [0.4, 0.5) is 0 Å². The maximum absolute atomic E-state index is 6.67. The van der Waals surface area contributed by atoms with Crippen LogP contribution in [0, 0.1) is 6.58 Å². The van der Waals surface area contributed by atoms with Gasteiger partial charge in [-0.2, -0.15) is 0 Å². The number of unbranched alkanes of at least 4 members (excludes halogenated alkanes) is 3. The zero-order valence-electron chi connectivity index (χ0n) is 6.06. The minimum absolute atomic E-state index is 1.13. The van der Waals surface area contributed by atoms with Gasteiger partial charge < -0.3 is 0 Å². The first kappa shape index (κ1) is 8.48. The Morgan fingerprint density at radius 1 is 1.33 bits per heavy atom. The molecule has 9 heavy (non-hydrogen) atoms. The van der Waals surface area contributed by atoms with Crippen molar-refractivity contribution in [2.75, 3.05) is 0 Å². The quantitative estimate of drug-likeness (QED) is 0.388. The lowest BCUT2D eigenvalue weighted by Gasteiger charge is -1.89. The third-order valence-electron chi connectivity index (χ3n) is 1.21. The Hall–Kier alpha value is -0.520. The van der Waals surface area contributed by atoms with Gasteiger partial charge in [-0.25, -0.2) is 0 Å². The van der Waals surface area contributed by atoms with Gasteiger partial charge in [-0.3, -0.25) is 0 Å². The molecule has 0 N–H and O–H groups in total. The third kappa shape index (κ3) is 7.48. The zero-order valence-corrected chi connectivity index (χ0v) is 6.06. The highest BCUT2D eigenvalue weighted by atomic mass is 13.8. The molecular weight excluding hydrogens is 108 g/mol. The normalized spacial score (nSPS) is 10.3. The van der Waals surface area contributed by atoms with Crippen LogP contribution in [-0.2, 0) is 0 Å². The van der Waals surface area contributed by atoms with Crippen LogP contribution in [0.3, 0.4) is 0 Å². The van der Waals surface area contributed by atoms with Crippen molar-refractivity contribution in [3.05, 3.63) is 24.8 Å². The Morgan fingerprint density at radius 3 is 2.67 bits per heavy atom. The summed E-state index contributed by atoms with van der Waals surface area (Å²) in [6, 6.07) is 0. The molecule has 0 heterocycles. The van der Waals surface area contributed by atoms with E-state index in [1.54, 1.807) is 6.08 Å². The number of hydrogen-bond acceptors (Lipinski definition) is 0. The van der Waals surface area contributed by atoms with Crippen molar-refractivity contribution in [2.24, 2.45) is 0 Å². The fourth-order valence-electron chi connectivity index (χ4n) is 0.676. The fourth-order valence-corrected chi connectivity index (χ4v) is 0.676. The molecule has 0 aliphatic heterocycles. The first-order valence-electron chi connectivity index (χ1n) is 3.57. The van der Waals surface area contributed by atoms with Crippen LogP contribution >= 0.6 is 0 Å². The Morgan fingerprint density at radius 2 is 2.11 bits per heavy atom. The van der Waals surface area contributed by atoms with E-state index in [0.717, 1.165) is 6.42 Å². The number of rotatable bonds is 5. The van der Waals surface area contributed by atoms with Crippen molar-refractivity contribution in [1.82, 2.24) is 0 Å². The van der Waals surface area contributed by atoms with Gasteiger partial charge in [0.05, 0.1) is 0 Å². The van der Waals surface area contributed by atoms with Gasteiger partial charge in [0, 0.05) is 0 Å². The van der Waals surface area contributed by atoms with E-state index in [9.17, 15) is 0 Å². The molecule has 0 aromatic carbocycles. The molecule has 0 atom stereocenters. The average Bonchev–Trinajstić information content (AvgIpc) is 1.89. The average molecular weight is 122 g/mol. The van der Waals surface area contributed by atoms with Crippen molar-refractivity contribution in [3.63, 3.8) is 0 Å². The molecule has 0 heteroatoms. The van der Waals surface area contributed by atoms with Crippen LogP contribution in [-0.4, -0.2) is 0 Å². The summed E-state index contributed by atoms with van der Waals surface area (Å²) in [6.07, 6.45) is 10.1. The van der Waals surface area contributed by atoms with E-state index in [1.165, 1.54) is 25.3 Å². The van der Waals surface area contributed by atoms with Crippen LogP contribution in [0.2, 0.25) is 0 Å². The van der Waals surface area contributed by atoms with Gasteiger partial charge in [0.1, 0.15) is 0 Å². The molecule has 0 aliphatic rings. The SMILES string of the molecule is [C]=CC=CCCCCC. The third-order valence-corrected chi connectivity index (χ3v) is 1.21. The van der Waals surface area contributed by atoms with E-state index in [0.29, 0.717) is 0 Å². The van der Waals surface area contributed by atoms with Gasteiger partial charge in [0.25, 0.3) is 0 Å². The van der Waals surface area contributed by atoms with Gasteiger partial charge in [-0.15, -0.1) is 0 Å². The summed E-state index contributed by atoms with van der Waals surface area (Å²) >= 11 is 0. The first-order valence-corrected chi connectivity index (χ1v) is 3.57. The van der Waals surface area contributed by atoms with Crippen molar-refractivity contribution >= 4 is 0 Å². The fraction of sp³-hybridized carbons (Fsp3) is 0.556. The van der Waals surface area contributed by atoms with Gasteiger partial charge in [0.2, 0.25) is 0 Å². The van der Waals surface area contributed by atoms with E-state index in [1.807, 2.05) is 6.08 Å². The molecule has 0 nitrogen and oxygen atoms in total. The van der Waals surface area contributed by atoms with Crippen LogP contribution in [0.1, 0.15) is 32.6 Å². The molecule has 50 valence electrons.